The fraction of sp³-hybridized carbons (Fsp3) is 0.854. The molecule has 0 aliphatic rings. The van der Waals surface area contributed by atoms with Crippen LogP contribution >= 0.6 is 0 Å². The van der Waals surface area contributed by atoms with E-state index in [-0.39, 0.29) is 12.6 Å². The summed E-state index contributed by atoms with van der Waals surface area (Å²) in [4.78, 5) is 12.2. The van der Waals surface area contributed by atoms with Crippen molar-refractivity contribution < 1.29 is 19.4 Å². The molecule has 0 saturated carbocycles. The SMILES string of the molecule is CCCCCCC/C=C\C/C=C\CCCCCCCCCCCC(=O)OC(CO)COCCCCCCCCCC/C=C\CCCCCCCCC. The van der Waals surface area contributed by atoms with E-state index in [0.717, 1.165) is 25.7 Å². The van der Waals surface area contributed by atoms with E-state index in [1.54, 1.807) is 0 Å². The van der Waals surface area contributed by atoms with Gasteiger partial charge < -0.3 is 14.6 Å². The third kappa shape index (κ3) is 43.0. The van der Waals surface area contributed by atoms with Crippen LogP contribution in [0.3, 0.4) is 0 Å². The topological polar surface area (TPSA) is 55.8 Å². The van der Waals surface area contributed by atoms with Crippen molar-refractivity contribution in [2.75, 3.05) is 19.8 Å². The first-order chi connectivity index (χ1) is 25.7. The van der Waals surface area contributed by atoms with Gasteiger partial charge in [0.2, 0.25) is 0 Å². The highest BCUT2D eigenvalue weighted by molar-refractivity contribution is 5.69. The van der Waals surface area contributed by atoms with Crippen molar-refractivity contribution in [3.05, 3.63) is 36.5 Å². The molecule has 0 aliphatic heterocycles. The van der Waals surface area contributed by atoms with Crippen LogP contribution in [-0.2, 0) is 14.3 Å². The van der Waals surface area contributed by atoms with Crippen LogP contribution in [0, 0.1) is 0 Å². The van der Waals surface area contributed by atoms with Crippen molar-refractivity contribution in [3.8, 4) is 0 Å². The summed E-state index contributed by atoms with van der Waals surface area (Å²) in [6, 6.07) is 0. The van der Waals surface area contributed by atoms with Crippen LogP contribution in [0.25, 0.3) is 0 Å². The Balaban J connectivity index is 3.42. The molecule has 1 atom stereocenters. The highest BCUT2D eigenvalue weighted by Crippen LogP contribution is 2.14. The van der Waals surface area contributed by atoms with Crippen LogP contribution in [0.5, 0.6) is 0 Å². The Morgan fingerprint density at radius 2 is 0.808 bits per heavy atom. The van der Waals surface area contributed by atoms with Gasteiger partial charge in [0.05, 0.1) is 13.2 Å². The summed E-state index contributed by atoms with van der Waals surface area (Å²) >= 11 is 0. The maximum atomic E-state index is 12.2. The summed E-state index contributed by atoms with van der Waals surface area (Å²) in [7, 11) is 0. The lowest BCUT2D eigenvalue weighted by Gasteiger charge is -2.16. The largest absolute Gasteiger partial charge is 0.457 e. The Bertz CT molecular complexity index is 772. The Hall–Kier alpha value is -1.39. The van der Waals surface area contributed by atoms with E-state index in [1.165, 1.54) is 193 Å². The first-order valence-corrected chi connectivity index (χ1v) is 23.1. The minimum Gasteiger partial charge on any atom is -0.457 e. The van der Waals surface area contributed by atoms with E-state index < -0.39 is 6.10 Å². The van der Waals surface area contributed by atoms with Crippen LogP contribution in [0.15, 0.2) is 36.5 Å². The van der Waals surface area contributed by atoms with Crippen LogP contribution in [0.1, 0.15) is 239 Å². The molecular weight excluding hydrogens is 641 g/mol. The fourth-order valence-corrected chi connectivity index (χ4v) is 6.71. The molecule has 0 spiro atoms. The first kappa shape index (κ1) is 50.6. The number of rotatable bonds is 43. The zero-order valence-electron chi connectivity index (χ0n) is 35.1. The molecule has 0 aromatic rings. The molecule has 0 fully saturated rings. The van der Waals surface area contributed by atoms with E-state index in [1.807, 2.05) is 0 Å². The van der Waals surface area contributed by atoms with Crippen LogP contribution in [-0.4, -0.2) is 37.0 Å². The minimum absolute atomic E-state index is 0.173. The predicted octanol–water partition coefficient (Wildman–Crippen LogP) is 15.3. The van der Waals surface area contributed by atoms with Crippen molar-refractivity contribution in [1.82, 2.24) is 0 Å². The standard InChI is InChI=1S/C48H90O4/c1-3-5-7-9-11-13-15-17-19-21-23-24-25-27-29-31-33-35-37-39-41-43-48(50)52-47(45-49)46-51-44-42-40-38-36-34-32-30-28-26-22-20-18-16-14-12-10-8-6-4-2/h15,17,20-23,47,49H,3-14,16,18-19,24-46H2,1-2H3/b17-15-,22-20-,23-21-. The number of carbonyl (C=O) groups is 1. The van der Waals surface area contributed by atoms with Gasteiger partial charge in [-0.3, -0.25) is 4.79 Å². The molecule has 1 N–H and O–H groups in total. The highest BCUT2D eigenvalue weighted by Gasteiger charge is 2.13. The number of esters is 1. The number of hydrogen-bond acceptors (Lipinski definition) is 4. The number of unbranched alkanes of at least 4 members (excludes halogenated alkanes) is 29. The summed E-state index contributed by atoms with van der Waals surface area (Å²) in [5.41, 5.74) is 0. The van der Waals surface area contributed by atoms with E-state index in [4.69, 9.17) is 9.47 Å². The van der Waals surface area contributed by atoms with E-state index in [2.05, 4.69) is 50.3 Å². The average Bonchev–Trinajstić information content (AvgIpc) is 3.15. The van der Waals surface area contributed by atoms with E-state index in [0.29, 0.717) is 19.6 Å². The number of aliphatic hydroxyl groups excluding tert-OH is 1. The van der Waals surface area contributed by atoms with Gasteiger partial charge in [-0.15, -0.1) is 0 Å². The summed E-state index contributed by atoms with van der Waals surface area (Å²) in [5.74, 6) is -0.204. The van der Waals surface area contributed by atoms with Gasteiger partial charge in [-0.1, -0.05) is 198 Å². The molecule has 0 rings (SSSR count). The monoisotopic (exact) mass is 731 g/mol. The van der Waals surface area contributed by atoms with Crippen LogP contribution < -0.4 is 0 Å². The molecule has 0 saturated heterocycles. The third-order valence-electron chi connectivity index (χ3n) is 10.2. The van der Waals surface area contributed by atoms with Gasteiger partial charge in [0.1, 0.15) is 6.10 Å². The average molecular weight is 731 g/mol. The van der Waals surface area contributed by atoms with Gasteiger partial charge in [-0.05, 0) is 70.6 Å². The Morgan fingerprint density at radius 1 is 0.462 bits per heavy atom. The Kier molecular flexibility index (Phi) is 44.5. The molecule has 0 aromatic heterocycles. The molecule has 0 aliphatic carbocycles. The summed E-state index contributed by atoms with van der Waals surface area (Å²) < 4.78 is 11.2. The van der Waals surface area contributed by atoms with Gasteiger partial charge in [-0.25, -0.2) is 0 Å². The minimum atomic E-state index is -0.537. The summed E-state index contributed by atoms with van der Waals surface area (Å²) in [6.07, 6.45) is 57.8. The molecule has 1 unspecified atom stereocenters. The molecule has 0 aromatic carbocycles. The number of aliphatic hydroxyl groups is 1. The third-order valence-corrected chi connectivity index (χ3v) is 10.2. The molecule has 0 heterocycles. The second-order valence-corrected chi connectivity index (χ2v) is 15.5. The highest BCUT2D eigenvalue weighted by atomic mass is 16.6. The number of hydrogen-bond donors (Lipinski definition) is 1. The van der Waals surface area contributed by atoms with Crippen molar-refractivity contribution in [1.29, 1.82) is 0 Å². The van der Waals surface area contributed by atoms with Gasteiger partial charge in [0.25, 0.3) is 0 Å². The lowest BCUT2D eigenvalue weighted by atomic mass is 10.1. The van der Waals surface area contributed by atoms with Gasteiger partial charge in [0.15, 0.2) is 0 Å². The predicted molar refractivity (Wildman–Crippen MR) is 228 cm³/mol. The van der Waals surface area contributed by atoms with Crippen molar-refractivity contribution in [2.24, 2.45) is 0 Å². The number of allylic oxidation sites excluding steroid dienone is 6. The lowest BCUT2D eigenvalue weighted by Crippen LogP contribution is -2.27. The first-order valence-electron chi connectivity index (χ1n) is 23.1. The second kappa shape index (κ2) is 45.8. The maximum absolute atomic E-state index is 12.2. The van der Waals surface area contributed by atoms with E-state index >= 15 is 0 Å². The molecule has 4 heteroatoms. The summed E-state index contributed by atoms with van der Waals surface area (Å²) in [6.45, 7) is 5.35. The molecule has 52 heavy (non-hydrogen) atoms. The maximum Gasteiger partial charge on any atom is 0.306 e. The van der Waals surface area contributed by atoms with Crippen molar-refractivity contribution >= 4 is 5.97 Å². The Morgan fingerprint density at radius 3 is 1.21 bits per heavy atom. The van der Waals surface area contributed by atoms with Crippen molar-refractivity contribution in [3.63, 3.8) is 0 Å². The summed E-state index contributed by atoms with van der Waals surface area (Å²) in [5, 5.41) is 9.62. The van der Waals surface area contributed by atoms with Gasteiger partial charge >= 0.3 is 5.97 Å². The molecule has 4 nitrogen and oxygen atoms in total. The van der Waals surface area contributed by atoms with Gasteiger partial charge in [0, 0.05) is 13.0 Å². The number of carbonyl (C=O) groups excluding carboxylic acids is 1. The smallest absolute Gasteiger partial charge is 0.306 e. The normalized spacial score (nSPS) is 12.6. The molecular formula is C48H90O4. The van der Waals surface area contributed by atoms with Crippen LogP contribution in [0.2, 0.25) is 0 Å². The van der Waals surface area contributed by atoms with Gasteiger partial charge in [-0.2, -0.15) is 0 Å². The quantitative estimate of drug-likeness (QED) is 0.0385. The zero-order chi connectivity index (χ0) is 37.7. The molecule has 0 radical (unpaired) electrons. The molecule has 0 amide bonds. The molecule has 306 valence electrons. The second-order valence-electron chi connectivity index (χ2n) is 15.5. The molecule has 0 bridgehead atoms. The van der Waals surface area contributed by atoms with Crippen LogP contribution in [0.4, 0.5) is 0 Å². The zero-order valence-corrected chi connectivity index (χ0v) is 35.1. The van der Waals surface area contributed by atoms with E-state index in [9.17, 15) is 9.90 Å². The van der Waals surface area contributed by atoms with Crippen molar-refractivity contribution in [2.45, 2.75) is 245 Å². The lowest BCUT2D eigenvalue weighted by molar-refractivity contribution is -0.154. The Labute approximate surface area is 325 Å². The fourth-order valence-electron chi connectivity index (χ4n) is 6.71. The number of ether oxygens (including phenoxy) is 2.